The lowest BCUT2D eigenvalue weighted by atomic mass is 10.1. The molecule has 23 heavy (non-hydrogen) atoms. The van der Waals surface area contributed by atoms with Gasteiger partial charge in [-0.15, -0.1) is 6.58 Å². The van der Waals surface area contributed by atoms with E-state index in [1.807, 2.05) is 0 Å². The summed E-state index contributed by atoms with van der Waals surface area (Å²) in [5.41, 5.74) is 0.179. The molecule has 0 fully saturated rings. The van der Waals surface area contributed by atoms with Gasteiger partial charge in [0.2, 0.25) is 0 Å². The number of carboxylic acid groups (broad SMARTS) is 1. The molecule has 126 valence electrons. The lowest BCUT2D eigenvalue weighted by Gasteiger charge is -2.16. The van der Waals surface area contributed by atoms with Crippen molar-refractivity contribution in [1.82, 2.24) is 5.32 Å². The van der Waals surface area contributed by atoms with Gasteiger partial charge in [0, 0.05) is 12.1 Å². The number of aliphatic carboxylic acids is 1. The highest BCUT2D eigenvalue weighted by molar-refractivity contribution is 6.31. The molecule has 7 heteroatoms. The van der Waals surface area contributed by atoms with E-state index in [2.05, 4.69) is 11.9 Å². The summed E-state index contributed by atoms with van der Waals surface area (Å²) >= 11 is 5.92. The van der Waals surface area contributed by atoms with Crippen LogP contribution in [-0.4, -0.2) is 43.3 Å². The molecule has 1 atom stereocenters. The second-order valence-electron chi connectivity index (χ2n) is 4.71. The van der Waals surface area contributed by atoms with E-state index in [0.717, 1.165) is 0 Å². The molecule has 0 heterocycles. The molecule has 1 aromatic rings. The minimum atomic E-state index is -1.11. The van der Waals surface area contributed by atoms with Crippen molar-refractivity contribution in [2.45, 2.75) is 18.9 Å². The maximum absolute atomic E-state index is 12.4. The Labute approximate surface area is 140 Å². The van der Waals surface area contributed by atoms with Gasteiger partial charge in [-0.1, -0.05) is 17.7 Å². The highest BCUT2D eigenvalue weighted by Crippen LogP contribution is 2.23. The molecule has 0 saturated heterocycles. The molecule has 0 aliphatic rings. The second kappa shape index (κ2) is 9.86. The molecule has 1 unspecified atom stereocenters. The summed E-state index contributed by atoms with van der Waals surface area (Å²) in [6.45, 7) is 4.16. The third kappa shape index (κ3) is 6.30. The van der Waals surface area contributed by atoms with Crippen LogP contribution in [0.3, 0.4) is 0 Å². The summed E-state index contributed by atoms with van der Waals surface area (Å²) in [5, 5.41) is 12.0. The number of benzene rings is 1. The van der Waals surface area contributed by atoms with E-state index in [1.165, 1.54) is 13.2 Å². The number of methoxy groups -OCH3 is 1. The van der Waals surface area contributed by atoms with E-state index in [0.29, 0.717) is 23.8 Å². The summed E-state index contributed by atoms with van der Waals surface area (Å²) in [6.07, 6.45) is 2.33. The second-order valence-corrected chi connectivity index (χ2v) is 5.15. The molecule has 0 aliphatic carbocycles. The number of ether oxygens (including phenoxy) is 2. The number of hydrogen-bond acceptors (Lipinski definition) is 4. The number of rotatable bonds is 10. The number of hydrogen-bond donors (Lipinski definition) is 2. The van der Waals surface area contributed by atoms with Gasteiger partial charge in [0.1, 0.15) is 18.4 Å². The Morgan fingerprint density at radius 1 is 1.43 bits per heavy atom. The zero-order valence-corrected chi connectivity index (χ0v) is 13.6. The minimum Gasteiger partial charge on any atom is -0.490 e. The molecule has 1 rings (SSSR count). The average Bonchev–Trinajstić information content (AvgIpc) is 2.52. The summed E-state index contributed by atoms with van der Waals surface area (Å²) < 4.78 is 10.4. The summed E-state index contributed by atoms with van der Waals surface area (Å²) in [5.74, 6) is -1.35. The summed E-state index contributed by atoms with van der Waals surface area (Å²) in [6, 6.07) is 3.58. The normalized spacial score (nSPS) is 11.6. The summed E-state index contributed by atoms with van der Waals surface area (Å²) in [7, 11) is 1.54. The fraction of sp³-hybridized carbons (Fsp3) is 0.375. The van der Waals surface area contributed by atoms with E-state index in [-0.39, 0.29) is 18.6 Å². The zero-order chi connectivity index (χ0) is 17.2. The molecule has 0 saturated carbocycles. The van der Waals surface area contributed by atoms with Crippen molar-refractivity contribution in [1.29, 1.82) is 0 Å². The molecule has 0 aliphatic heterocycles. The number of amides is 1. The van der Waals surface area contributed by atoms with Gasteiger partial charge in [-0.3, -0.25) is 4.79 Å². The third-order valence-corrected chi connectivity index (χ3v) is 3.23. The van der Waals surface area contributed by atoms with Gasteiger partial charge in [-0.05, 0) is 31.0 Å². The minimum absolute atomic E-state index is 0.179. The molecule has 0 spiro atoms. The van der Waals surface area contributed by atoms with Crippen molar-refractivity contribution in [2.24, 2.45) is 0 Å². The Balaban J connectivity index is 2.89. The van der Waals surface area contributed by atoms with Crippen LogP contribution in [0.15, 0.2) is 30.9 Å². The predicted octanol–water partition coefficient (Wildman–Crippen LogP) is 2.51. The maximum atomic E-state index is 12.4. The van der Waals surface area contributed by atoms with Gasteiger partial charge in [0.15, 0.2) is 0 Å². The Morgan fingerprint density at radius 3 is 2.78 bits per heavy atom. The van der Waals surface area contributed by atoms with Crippen LogP contribution in [0.2, 0.25) is 5.02 Å². The van der Waals surface area contributed by atoms with Crippen molar-refractivity contribution < 1.29 is 24.2 Å². The first-order valence-corrected chi connectivity index (χ1v) is 7.43. The summed E-state index contributed by atoms with van der Waals surface area (Å²) in [4.78, 5) is 23.6. The quantitative estimate of drug-likeness (QED) is 0.504. The van der Waals surface area contributed by atoms with Crippen LogP contribution in [0.4, 0.5) is 0 Å². The monoisotopic (exact) mass is 341 g/mol. The van der Waals surface area contributed by atoms with Crippen LogP contribution >= 0.6 is 11.6 Å². The largest absolute Gasteiger partial charge is 0.490 e. The van der Waals surface area contributed by atoms with Crippen LogP contribution in [-0.2, 0) is 9.53 Å². The van der Waals surface area contributed by atoms with Gasteiger partial charge >= 0.3 is 5.97 Å². The standard InChI is InChI=1S/C16H20ClNO5/c1-3-4-5-13(16(20)21)18-15(19)12-10-11(17)6-7-14(12)23-9-8-22-2/h3,6-7,10,13H,1,4-5,8-9H2,2H3,(H,18,19)(H,20,21). The number of carbonyl (C=O) groups is 2. The number of nitrogens with one attached hydrogen (secondary N) is 1. The molecule has 2 N–H and O–H groups in total. The van der Waals surface area contributed by atoms with Crippen molar-refractivity contribution in [3.63, 3.8) is 0 Å². The van der Waals surface area contributed by atoms with E-state index < -0.39 is 17.9 Å². The number of carboxylic acids is 1. The predicted molar refractivity (Wildman–Crippen MR) is 87.1 cm³/mol. The molecule has 0 radical (unpaired) electrons. The Bertz CT molecular complexity index is 561. The van der Waals surface area contributed by atoms with Crippen LogP contribution in [0.1, 0.15) is 23.2 Å². The van der Waals surface area contributed by atoms with Gasteiger partial charge in [0.05, 0.1) is 12.2 Å². The smallest absolute Gasteiger partial charge is 0.326 e. The first-order chi connectivity index (χ1) is 11.0. The van der Waals surface area contributed by atoms with Crippen molar-refractivity contribution in [3.05, 3.63) is 41.4 Å². The topological polar surface area (TPSA) is 84.9 Å². The Hall–Kier alpha value is -2.05. The van der Waals surface area contributed by atoms with E-state index in [9.17, 15) is 14.7 Å². The maximum Gasteiger partial charge on any atom is 0.326 e. The SMILES string of the molecule is C=CCCC(NC(=O)c1cc(Cl)ccc1OCCOC)C(=O)O. The van der Waals surface area contributed by atoms with Crippen molar-refractivity contribution in [3.8, 4) is 5.75 Å². The van der Waals surface area contributed by atoms with Gasteiger partial charge < -0.3 is 19.9 Å². The zero-order valence-electron chi connectivity index (χ0n) is 12.9. The molecule has 1 aromatic carbocycles. The number of carbonyl (C=O) groups excluding carboxylic acids is 1. The van der Waals surface area contributed by atoms with E-state index in [4.69, 9.17) is 21.1 Å². The fourth-order valence-corrected chi connectivity index (χ4v) is 1.99. The Morgan fingerprint density at radius 2 is 2.17 bits per heavy atom. The number of halogens is 1. The van der Waals surface area contributed by atoms with Gasteiger partial charge in [0.25, 0.3) is 5.91 Å². The van der Waals surface area contributed by atoms with E-state index in [1.54, 1.807) is 18.2 Å². The highest BCUT2D eigenvalue weighted by atomic mass is 35.5. The van der Waals surface area contributed by atoms with Gasteiger partial charge in [-0.25, -0.2) is 4.79 Å². The first-order valence-electron chi connectivity index (χ1n) is 7.05. The van der Waals surface area contributed by atoms with Crippen LogP contribution in [0.25, 0.3) is 0 Å². The lowest BCUT2D eigenvalue weighted by molar-refractivity contribution is -0.139. The third-order valence-electron chi connectivity index (χ3n) is 2.99. The molecule has 6 nitrogen and oxygen atoms in total. The first kappa shape index (κ1) is 19.0. The highest BCUT2D eigenvalue weighted by Gasteiger charge is 2.22. The molecule has 1 amide bonds. The molecule has 0 bridgehead atoms. The van der Waals surface area contributed by atoms with Crippen molar-refractivity contribution in [2.75, 3.05) is 20.3 Å². The van der Waals surface area contributed by atoms with Crippen LogP contribution in [0, 0.1) is 0 Å². The fourth-order valence-electron chi connectivity index (χ4n) is 1.82. The molecular formula is C16H20ClNO5. The molecule has 0 aromatic heterocycles. The van der Waals surface area contributed by atoms with E-state index >= 15 is 0 Å². The number of allylic oxidation sites excluding steroid dienone is 1. The lowest BCUT2D eigenvalue weighted by Crippen LogP contribution is -2.40. The van der Waals surface area contributed by atoms with Crippen LogP contribution < -0.4 is 10.1 Å². The Kier molecular flexibility index (Phi) is 8.15. The molecular weight excluding hydrogens is 322 g/mol. The average molecular weight is 342 g/mol. The van der Waals surface area contributed by atoms with Crippen molar-refractivity contribution >= 4 is 23.5 Å². The van der Waals surface area contributed by atoms with Crippen LogP contribution in [0.5, 0.6) is 5.75 Å². The van der Waals surface area contributed by atoms with Gasteiger partial charge in [-0.2, -0.15) is 0 Å².